The highest BCUT2D eigenvalue weighted by Gasteiger charge is 2.41. The zero-order valence-electron chi connectivity index (χ0n) is 6.52. The quantitative estimate of drug-likeness (QED) is 0.750. The number of thioether (sulfide) groups is 1. The zero-order valence-corrected chi connectivity index (χ0v) is 8.93. The van der Waals surface area contributed by atoms with E-state index in [9.17, 15) is 4.79 Å². The van der Waals surface area contributed by atoms with Crippen molar-refractivity contribution in [1.82, 2.24) is 5.32 Å². The van der Waals surface area contributed by atoms with Gasteiger partial charge in [0.05, 0.1) is 5.33 Å². The van der Waals surface area contributed by atoms with Crippen molar-refractivity contribution in [1.29, 1.82) is 0 Å². The Morgan fingerprint density at radius 2 is 2.36 bits per heavy atom. The van der Waals surface area contributed by atoms with Crippen molar-refractivity contribution >= 4 is 33.6 Å². The monoisotopic (exact) mass is 237 g/mol. The first-order valence-electron chi connectivity index (χ1n) is 3.60. The summed E-state index contributed by atoms with van der Waals surface area (Å²) >= 11 is 4.97. The molecule has 0 unspecified atom stereocenters. The molecule has 0 aliphatic heterocycles. The lowest BCUT2D eigenvalue weighted by Gasteiger charge is -2.11. The SMILES string of the molecule is CSC1(CNC(=O)CBr)CC1. The number of carbonyl (C=O) groups is 1. The molecule has 0 aromatic carbocycles. The molecule has 0 heterocycles. The fourth-order valence-corrected chi connectivity index (χ4v) is 1.82. The van der Waals surface area contributed by atoms with Gasteiger partial charge in [0, 0.05) is 11.3 Å². The van der Waals surface area contributed by atoms with Gasteiger partial charge in [-0.2, -0.15) is 11.8 Å². The molecule has 1 fully saturated rings. The molecule has 4 heteroatoms. The highest BCUT2D eigenvalue weighted by molar-refractivity contribution is 9.09. The van der Waals surface area contributed by atoms with E-state index in [1.54, 1.807) is 0 Å². The Morgan fingerprint density at radius 1 is 1.73 bits per heavy atom. The van der Waals surface area contributed by atoms with Crippen LogP contribution in [0, 0.1) is 0 Å². The van der Waals surface area contributed by atoms with Gasteiger partial charge >= 0.3 is 0 Å². The predicted octanol–water partition coefficient (Wildman–Crippen LogP) is 1.39. The minimum atomic E-state index is 0.0883. The van der Waals surface area contributed by atoms with Gasteiger partial charge in [-0.1, -0.05) is 15.9 Å². The summed E-state index contributed by atoms with van der Waals surface area (Å²) in [7, 11) is 0. The van der Waals surface area contributed by atoms with Crippen LogP contribution in [0.5, 0.6) is 0 Å². The number of nitrogens with one attached hydrogen (secondary N) is 1. The van der Waals surface area contributed by atoms with Gasteiger partial charge in [-0.25, -0.2) is 0 Å². The van der Waals surface area contributed by atoms with E-state index in [0.717, 1.165) is 6.54 Å². The highest BCUT2D eigenvalue weighted by atomic mass is 79.9. The maximum Gasteiger partial charge on any atom is 0.230 e. The number of carbonyl (C=O) groups excluding carboxylic acids is 1. The molecule has 2 nitrogen and oxygen atoms in total. The van der Waals surface area contributed by atoms with Crippen LogP contribution in [0.1, 0.15) is 12.8 Å². The van der Waals surface area contributed by atoms with E-state index in [0.29, 0.717) is 10.1 Å². The number of hydrogen-bond donors (Lipinski definition) is 1. The van der Waals surface area contributed by atoms with Crippen molar-refractivity contribution in [3.05, 3.63) is 0 Å². The van der Waals surface area contributed by atoms with E-state index in [1.807, 2.05) is 11.8 Å². The van der Waals surface area contributed by atoms with Crippen LogP contribution in [0.2, 0.25) is 0 Å². The fraction of sp³-hybridized carbons (Fsp3) is 0.857. The van der Waals surface area contributed by atoms with Crippen molar-refractivity contribution in [2.45, 2.75) is 17.6 Å². The Kier molecular flexibility index (Phi) is 3.25. The third kappa shape index (κ3) is 2.67. The van der Waals surface area contributed by atoms with Gasteiger partial charge in [0.15, 0.2) is 0 Å². The summed E-state index contributed by atoms with van der Waals surface area (Å²) < 4.78 is 0.387. The molecule has 1 aliphatic carbocycles. The molecule has 1 amide bonds. The van der Waals surface area contributed by atoms with Crippen LogP contribution in [0.3, 0.4) is 0 Å². The molecular weight excluding hydrogens is 226 g/mol. The number of rotatable bonds is 4. The summed E-state index contributed by atoms with van der Waals surface area (Å²) in [6.45, 7) is 0.832. The second-order valence-electron chi connectivity index (χ2n) is 2.80. The third-order valence-corrected chi connectivity index (χ3v) is 3.90. The number of hydrogen-bond acceptors (Lipinski definition) is 2. The summed E-state index contributed by atoms with van der Waals surface area (Å²) in [5, 5.41) is 3.29. The van der Waals surface area contributed by atoms with Gasteiger partial charge in [0.2, 0.25) is 5.91 Å². The van der Waals surface area contributed by atoms with Crippen molar-refractivity contribution < 1.29 is 4.79 Å². The van der Waals surface area contributed by atoms with E-state index in [4.69, 9.17) is 0 Å². The number of amides is 1. The van der Waals surface area contributed by atoms with Crippen LogP contribution in [0.15, 0.2) is 0 Å². The van der Waals surface area contributed by atoms with Crippen molar-refractivity contribution in [3.63, 3.8) is 0 Å². The molecule has 64 valence electrons. The van der Waals surface area contributed by atoms with Crippen LogP contribution in [-0.2, 0) is 4.79 Å². The summed E-state index contributed by atoms with van der Waals surface area (Å²) in [4.78, 5) is 10.8. The van der Waals surface area contributed by atoms with Crippen molar-refractivity contribution in [2.75, 3.05) is 18.1 Å². The molecule has 11 heavy (non-hydrogen) atoms. The largest absolute Gasteiger partial charge is 0.354 e. The minimum absolute atomic E-state index is 0.0883. The van der Waals surface area contributed by atoms with Crippen LogP contribution >= 0.6 is 27.7 Å². The first-order chi connectivity index (χ1) is 5.22. The molecule has 1 rings (SSSR count). The number of halogens is 1. The molecule has 0 bridgehead atoms. The molecule has 1 saturated carbocycles. The van der Waals surface area contributed by atoms with Gasteiger partial charge in [-0.3, -0.25) is 4.79 Å². The van der Waals surface area contributed by atoms with Gasteiger partial charge in [-0.05, 0) is 19.1 Å². The standard InChI is InChI=1S/C7H12BrNOS/c1-11-7(2-3-7)5-9-6(10)4-8/h2-5H2,1H3,(H,9,10). The normalized spacial score (nSPS) is 19.5. The summed E-state index contributed by atoms with van der Waals surface area (Å²) in [6, 6.07) is 0. The van der Waals surface area contributed by atoms with Crippen LogP contribution < -0.4 is 5.32 Å². The van der Waals surface area contributed by atoms with Gasteiger partial charge in [0.25, 0.3) is 0 Å². The topological polar surface area (TPSA) is 29.1 Å². The zero-order chi connectivity index (χ0) is 8.32. The van der Waals surface area contributed by atoms with E-state index >= 15 is 0 Å². The lowest BCUT2D eigenvalue weighted by atomic mass is 10.4. The Hall–Kier alpha value is 0.300. The van der Waals surface area contributed by atoms with E-state index in [2.05, 4.69) is 27.5 Å². The minimum Gasteiger partial charge on any atom is -0.354 e. The Morgan fingerprint density at radius 3 is 2.73 bits per heavy atom. The lowest BCUT2D eigenvalue weighted by Crippen LogP contribution is -2.32. The smallest absolute Gasteiger partial charge is 0.230 e. The second kappa shape index (κ2) is 3.81. The first-order valence-corrected chi connectivity index (χ1v) is 5.95. The fourth-order valence-electron chi connectivity index (χ4n) is 0.899. The predicted molar refractivity (Wildman–Crippen MR) is 52.3 cm³/mol. The molecular formula is C7H12BrNOS. The Labute approximate surface area is 79.6 Å². The molecule has 1 aliphatic rings. The van der Waals surface area contributed by atoms with E-state index in [-0.39, 0.29) is 5.91 Å². The molecule has 0 aromatic heterocycles. The maximum atomic E-state index is 10.8. The molecule has 0 saturated heterocycles. The first kappa shape index (κ1) is 9.39. The van der Waals surface area contributed by atoms with Crippen molar-refractivity contribution in [3.8, 4) is 0 Å². The van der Waals surface area contributed by atoms with Crippen LogP contribution in [0.25, 0.3) is 0 Å². The van der Waals surface area contributed by atoms with Crippen LogP contribution in [-0.4, -0.2) is 28.8 Å². The van der Waals surface area contributed by atoms with Gasteiger partial charge in [0.1, 0.15) is 0 Å². The Balaban J connectivity index is 2.16. The average molecular weight is 238 g/mol. The maximum absolute atomic E-state index is 10.8. The second-order valence-corrected chi connectivity index (χ2v) is 4.63. The third-order valence-electron chi connectivity index (χ3n) is 1.97. The van der Waals surface area contributed by atoms with Crippen molar-refractivity contribution in [2.24, 2.45) is 0 Å². The van der Waals surface area contributed by atoms with Crippen LogP contribution in [0.4, 0.5) is 0 Å². The molecule has 0 aromatic rings. The highest BCUT2D eigenvalue weighted by Crippen LogP contribution is 2.46. The number of alkyl halides is 1. The van der Waals surface area contributed by atoms with Gasteiger partial charge < -0.3 is 5.32 Å². The molecule has 1 N–H and O–H groups in total. The van der Waals surface area contributed by atoms with Gasteiger partial charge in [-0.15, -0.1) is 0 Å². The van der Waals surface area contributed by atoms with E-state index in [1.165, 1.54) is 12.8 Å². The van der Waals surface area contributed by atoms with E-state index < -0.39 is 0 Å². The summed E-state index contributed by atoms with van der Waals surface area (Å²) in [5.41, 5.74) is 0. The summed E-state index contributed by atoms with van der Waals surface area (Å²) in [5.74, 6) is 0.0883. The molecule has 0 spiro atoms. The Bertz CT molecular complexity index is 159. The molecule has 0 atom stereocenters. The average Bonchev–Trinajstić information content (AvgIpc) is 2.81. The summed E-state index contributed by atoms with van der Waals surface area (Å²) in [6.07, 6.45) is 4.60. The lowest BCUT2D eigenvalue weighted by molar-refractivity contribution is -0.118. The molecule has 0 radical (unpaired) electrons.